The quantitative estimate of drug-likeness (QED) is 0.659. The van der Waals surface area contributed by atoms with Crippen LogP contribution in [0.25, 0.3) is 0 Å². The minimum Gasteiger partial charge on any atom is -0.324 e. The van der Waals surface area contributed by atoms with Crippen molar-refractivity contribution in [1.29, 1.82) is 0 Å². The molecule has 1 N–H and O–H groups in total. The topological polar surface area (TPSA) is 79.4 Å². The number of anilines is 1. The van der Waals surface area contributed by atoms with Crippen molar-refractivity contribution in [2.24, 2.45) is 17.8 Å². The number of carbonyl (C=O) groups excluding carboxylic acids is 3. The molecule has 1 aliphatic heterocycles. The van der Waals surface area contributed by atoms with Gasteiger partial charge in [-0.2, -0.15) is 0 Å². The van der Waals surface area contributed by atoms with Gasteiger partial charge in [0.2, 0.25) is 17.7 Å². The van der Waals surface area contributed by atoms with Crippen LogP contribution in [0, 0.1) is 17.8 Å². The first kappa shape index (κ1) is 17.3. The van der Waals surface area contributed by atoms with Crippen molar-refractivity contribution in [1.82, 2.24) is 9.88 Å². The Kier molecular flexibility index (Phi) is 4.97. The Morgan fingerprint density at radius 1 is 1.16 bits per heavy atom. The number of aromatic nitrogens is 1. The Morgan fingerprint density at radius 2 is 1.72 bits per heavy atom. The van der Waals surface area contributed by atoms with E-state index in [1.165, 1.54) is 4.90 Å². The molecule has 0 bridgehead atoms. The smallest absolute Gasteiger partial charge is 0.247 e. The Balaban J connectivity index is 1.84. The summed E-state index contributed by atoms with van der Waals surface area (Å²) < 4.78 is 0. The monoisotopic (exact) mass is 341 g/mol. The van der Waals surface area contributed by atoms with Crippen molar-refractivity contribution in [2.45, 2.75) is 39.2 Å². The first-order chi connectivity index (χ1) is 12.0. The van der Waals surface area contributed by atoms with Crippen LogP contribution in [0.4, 0.5) is 5.69 Å². The number of nitrogens with one attached hydrogen (secondary N) is 1. The molecule has 1 aliphatic carbocycles. The molecule has 2 aliphatic rings. The Labute approximate surface area is 147 Å². The lowest BCUT2D eigenvalue weighted by Crippen LogP contribution is -2.48. The van der Waals surface area contributed by atoms with Crippen LogP contribution in [0.1, 0.15) is 33.1 Å². The Bertz CT molecular complexity index is 673. The molecule has 6 heteroatoms. The van der Waals surface area contributed by atoms with Crippen molar-refractivity contribution in [2.75, 3.05) is 5.32 Å². The van der Waals surface area contributed by atoms with E-state index in [2.05, 4.69) is 10.3 Å². The molecule has 6 nitrogen and oxygen atoms in total. The van der Waals surface area contributed by atoms with Crippen molar-refractivity contribution in [3.8, 4) is 0 Å². The van der Waals surface area contributed by atoms with Gasteiger partial charge in [-0.15, -0.1) is 0 Å². The van der Waals surface area contributed by atoms with Crippen LogP contribution < -0.4 is 5.32 Å². The van der Waals surface area contributed by atoms with Crippen molar-refractivity contribution < 1.29 is 14.4 Å². The van der Waals surface area contributed by atoms with Gasteiger partial charge in [-0.3, -0.25) is 24.3 Å². The van der Waals surface area contributed by atoms with Gasteiger partial charge in [-0.05, 0) is 37.3 Å². The summed E-state index contributed by atoms with van der Waals surface area (Å²) in [5.41, 5.74) is 0.604. The highest BCUT2D eigenvalue weighted by Crippen LogP contribution is 2.37. The van der Waals surface area contributed by atoms with Gasteiger partial charge >= 0.3 is 0 Å². The number of amides is 3. The largest absolute Gasteiger partial charge is 0.324 e. The number of allylic oxidation sites excluding steroid dienone is 2. The lowest BCUT2D eigenvalue weighted by Gasteiger charge is -2.27. The molecule has 1 fully saturated rings. The van der Waals surface area contributed by atoms with E-state index in [4.69, 9.17) is 0 Å². The summed E-state index contributed by atoms with van der Waals surface area (Å²) in [6.07, 6.45) is 8.66. The number of hydrogen-bond acceptors (Lipinski definition) is 4. The first-order valence-electron chi connectivity index (χ1n) is 8.72. The number of rotatable bonds is 5. The highest BCUT2D eigenvalue weighted by molar-refractivity contribution is 6.10. The van der Waals surface area contributed by atoms with Crippen LogP contribution in [0.5, 0.6) is 0 Å². The van der Waals surface area contributed by atoms with Gasteiger partial charge in [0.25, 0.3) is 0 Å². The van der Waals surface area contributed by atoms with E-state index in [0.717, 1.165) is 0 Å². The van der Waals surface area contributed by atoms with Gasteiger partial charge < -0.3 is 5.32 Å². The summed E-state index contributed by atoms with van der Waals surface area (Å²) in [7, 11) is 0. The fourth-order valence-electron chi connectivity index (χ4n) is 3.57. The normalized spacial score (nSPS) is 23.7. The fourth-order valence-corrected chi connectivity index (χ4v) is 3.57. The standard InChI is InChI=1S/C19H23N3O3/c1-12(2)11-16(17(23)21-13-7-9-20-10-8-13)22-18(24)14-5-3-4-6-15(14)19(22)25/h3-4,7-10,12,14-16H,5-6,11H2,1-2H3,(H,20,21,23)/t14-,15-,16+/m0/s1. The van der Waals surface area contributed by atoms with Gasteiger partial charge in [-0.25, -0.2) is 0 Å². The number of likely N-dealkylation sites (tertiary alicyclic amines) is 1. The third-order valence-corrected chi connectivity index (χ3v) is 4.80. The van der Waals surface area contributed by atoms with E-state index >= 15 is 0 Å². The second-order valence-corrected chi connectivity index (χ2v) is 7.07. The zero-order chi connectivity index (χ0) is 18.0. The molecule has 2 heterocycles. The van der Waals surface area contributed by atoms with Crippen LogP contribution in [0.2, 0.25) is 0 Å². The molecule has 1 saturated heterocycles. The maximum absolute atomic E-state index is 12.8. The van der Waals surface area contributed by atoms with Gasteiger partial charge in [0.05, 0.1) is 11.8 Å². The summed E-state index contributed by atoms with van der Waals surface area (Å²) in [6, 6.07) is 2.59. The molecule has 25 heavy (non-hydrogen) atoms. The first-order valence-corrected chi connectivity index (χ1v) is 8.72. The van der Waals surface area contributed by atoms with Crippen LogP contribution in [0.15, 0.2) is 36.7 Å². The Morgan fingerprint density at radius 3 is 2.24 bits per heavy atom. The van der Waals surface area contributed by atoms with E-state index in [1.807, 2.05) is 26.0 Å². The molecular weight excluding hydrogens is 318 g/mol. The van der Waals surface area contributed by atoms with E-state index in [0.29, 0.717) is 24.9 Å². The lowest BCUT2D eigenvalue weighted by molar-refractivity contribution is -0.147. The molecule has 0 radical (unpaired) electrons. The van der Waals surface area contributed by atoms with E-state index < -0.39 is 6.04 Å². The molecule has 3 atom stereocenters. The van der Waals surface area contributed by atoms with Crippen molar-refractivity contribution >= 4 is 23.4 Å². The summed E-state index contributed by atoms with van der Waals surface area (Å²) in [6.45, 7) is 3.96. The minimum atomic E-state index is -0.779. The van der Waals surface area contributed by atoms with Gasteiger partial charge in [0.15, 0.2) is 0 Å². The maximum atomic E-state index is 12.8. The van der Waals surface area contributed by atoms with Crippen LogP contribution in [-0.2, 0) is 14.4 Å². The number of pyridine rings is 1. The second kappa shape index (κ2) is 7.17. The number of nitrogens with zero attached hydrogens (tertiary/aromatic N) is 2. The third-order valence-electron chi connectivity index (χ3n) is 4.80. The van der Waals surface area contributed by atoms with E-state index in [1.54, 1.807) is 24.5 Å². The summed E-state index contributed by atoms with van der Waals surface area (Å²) in [5, 5.41) is 2.81. The summed E-state index contributed by atoms with van der Waals surface area (Å²) in [4.78, 5) is 43.6. The number of hydrogen-bond donors (Lipinski definition) is 1. The zero-order valence-corrected chi connectivity index (χ0v) is 14.5. The van der Waals surface area contributed by atoms with E-state index in [9.17, 15) is 14.4 Å². The molecule has 0 aromatic carbocycles. The van der Waals surface area contributed by atoms with Crippen molar-refractivity contribution in [3.05, 3.63) is 36.7 Å². The predicted molar refractivity (Wildman–Crippen MR) is 93.3 cm³/mol. The number of fused-ring (bicyclic) bond motifs is 1. The minimum absolute atomic E-state index is 0.176. The lowest BCUT2D eigenvalue weighted by atomic mass is 9.85. The third kappa shape index (κ3) is 3.48. The van der Waals surface area contributed by atoms with Crippen LogP contribution >= 0.6 is 0 Å². The molecule has 0 spiro atoms. The SMILES string of the molecule is CC(C)C[C@H](C(=O)Nc1ccncc1)N1C(=O)[C@H]2CC=CC[C@@H]2C1=O. The highest BCUT2D eigenvalue weighted by Gasteiger charge is 2.51. The molecule has 132 valence electrons. The molecule has 1 aromatic heterocycles. The number of imide groups is 1. The van der Waals surface area contributed by atoms with Crippen molar-refractivity contribution in [3.63, 3.8) is 0 Å². The molecule has 1 aromatic rings. The average molecular weight is 341 g/mol. The summed E-state index contributed by atoms with van der Waals surface area (Å²) in [5.74, 6) is -1.21. The zero-order valence-electron chi connectivity index (χ0n) is 14.5. The second-order valence-electron chi connectivity index (χ2n) is 7.07. The molecule has 0 saturated carbocycles. The molecular formula is C19H23N3O3. The molecule has 3 amide bonds. The molecule has 3 rings (SSSR count). The average Bonchev–Trinajstić information content (AvgIpc) is 2.85. The maximum Gasteiger partial charge on any atom is 0.247 e. The summed E-state index contributed by atoms with van der Waals surface area (Å²) >= 11 is 0. The number of carbonyl (C=O) groups is 3. The van der Waals surface area contributed by atoms with E-state index in [-0.39, 0.29) is 35.5 Å². The highest BCUT2D eigenvalue weighted by atomic mass is 16.2. The fraction of sp³-hybridized carbons (Fsp3) is 0.474. The van der Waals surface area contributed by atoms with Gasteiger partial charge in [0, 0.05) is 18.1 Å². The Hall–Kier alpha value is -2.50. The van der Waals surface area contributed by atoms with Crippen LogP contribution in [0.3, 0.4) is 0 Å². The van der Waals surface area contributed by atoms with Gasteiger partial charge in [-0.1, -0.05) is 26.0 Å². The van der Waals surface area contributed by atoms with Crippen LogP contribution in [-0.4, -0.2) is 33.6 Å². The van der Waals surface area contributed by atoms with Gasteiger partial charge in [0.1, 0.15) is 6.04 Å². The molecule has 0 unspecified atom stereocenters. The predicted octanol–water partition coefficient (Wildman–Crippen LogP) is 2.39.